The van der Waals surface area contributed by atoms with Gasteiger partial charge >= 0.3 is 0 Å². The second kappa shape index (κ2) is 6.02. The zero-order valence-electron chi connectivity index (χ0n) is 10.6. The summed E-state index contributed by atoms with van der Waals surface area (Å²) in [4.78, 5) is 11.9. The Morgan fingerprint density at radius 2 is 2.44 bits per heavy atom. The Hall–Kier alpha value is -1.33. The maximum Gasteiger partial charge on any atom is 0.227 e. The van der Waals surface area contributed by atoms with E-state index in [0.29, 0.717) is 13.2 Å². The molecule has 3 atom stereocenters. The van der Waals surface area contributed by atoms with Crippen molar-refractivity contribution >= 4 is 5.91 Å². The molecular weight excluding hydrogens is 232 g/mol. The quantitative estimate of drug-likeness (QED) is 0.808. The molecule has 2 heterocycles. The van der Waals surface area contributed by atoms with Crippen molar-refractivity contribution in [3.63, 3.8) is 0 Å². The van der Waals surface area contributed by atoms with Crippen molar-refractivity contribution in [3.8, 4) is 0 Å². The molecule has 3 N–H and O–H groups in total. The number of nitrogens with one attached hydrogen (secondary N) is 1. The number of amides is 1. The summed E-state index contributed by atoms with van der Waals surface area (Å²) in [7, 11) is 0. The van der Waals surface area contributed by atoms with Crippen LogP contribution in [0.2, 0.25) is 0 Å². The molecule has 18 heavy (non-hydrogen) atoms. The number of furan rings is 1. The zero-order valence-corrected chi connectivity index (χ0v) is 10.6. The topological polar surface area (TPSA) is 77.5 Å². The first-order valence-electron chi connectivity index (χ1n) is 6.33. The molecule has 0 aliphatic carbocycles. The summed E-state index contributed by atoms with van der Waals surface area (Å²) >= 11 is 0. The molecule has 1 aliphatic rings. The number of carbonyl (C=O) groups excluding carboxylic acids is 1. The highest BCUT2D eigenvalue weighted by atomic mass is 16.5. The van der Waals surface area contributed by atoms with Crippen LogP contribution < -0.4 is 11.1 Å². The third kappa shape index (κ3) is 3.34. The van der Waals surface area contributed by atoms with E-state index in [9.17, 15) is 4.79 Å². The van der Waals surface area contributed by atoms with Crippen LogP contribution in [0.5, 0.6) is 0 Å². The molecule has 5 heteroatoms. The molecule has 5 nitrogen and oxygen atoms in total. The molecule has 1 saturated heterocycles. The fraction of sp³-hybridized carbons (Fsp3) is 0.615. The van der Waals surface area contributed by atoms with Gasteiger partial charge < -0.3 is 20.2 Å². The van der Waals surface area contributed by atoms with Crippen molar-refractivity contribution in [3.05, 3.63) is 24.2 Å². The van der Waals surface area contributed by atoms with Gasteiger partial charge in [-0.1, -0.05) is 0 Å². The third-order valence-corrected chi connectivity index (χ3v) is 3.25. The smallest absolute Gasteiger partial charge is 0.227 e. The van der Waals surface area contributed by atoms with E-state index in [4.69, 9.17) is 14.9 Å². The lowest BCUT2D eigenvalue weighted by Crippen LogP contribution is -2.44. The summed E-state index contributed by atoms with van der Waals surface area (Å²) in [6, 6.07) is 3.74. The molecule has 0 spiro atoms. The standard InChI is InChI=1S/C13H20N2O3/c1-9(4-5-10-3-2-6-18-10)15-13(16)11-7-17-8-12(11)14/h2-3,6,9,11-12H,4-5,7-8,14H2,1H3,(H,15,16). The molecule has 1 fully saturated rings. The Bertz CT molecular complexity index is 378. The first-order valence-corrected chi connectivity index (χ1v) is 6.33. The lowest BCUT2D eigenvalue weighted by atomic mass is 10.0. The van der Waals surface area contributed by atoms with Crippen LogP contribution in [-0.2, 0) is 16.0 Å². The first kappa shape index (κ1) is 13.1. The van der Waals surface area contributed by atoms with Gasteiger partial charge in [-0.2, -0.15) is 0 Å². The Balaban J connectivity index is 1.73. The summed E-state index contributed by atoms with van der Waals surface area (Å²) in [5.41, 5.74) is 5.81. The second-order valence-corrected chi connectivity index (χ2v) is 4.84. The molecule has 1 aromatic heterocycles. The van der Waals surface area contributed by atoms with E-state index in [0.717, 1.165) is 18.6 Å². The van der Waals surface area contributed by atoms with Crippen LogP contribution in [0.25, 0.3) is 0 Å². The maximum atomic E-state index is 11.9. The van der Waals surface area contributed by atoms with Gasteiger partial charge in [0.1, 0.15) is 5.76 Å². The SMILES string of the molecule is CC(CCc1ccco1)NC(=O)C1COCC1N. The Morgan fingerprint density at radius 1 is 1.61 bits per heavy atom. The highest BCUT2D eigenvalue weighted by molar-refractivity contribution is 5.80. The number of aryl methyl sites for hydroxylation is 1. The van der Waals surface area contributed by atoms with Gasteiger partial charge in [-0.05, 0) is 25.5 Å². The molecule has 1 amide bonds. The van der Waals surface area contributed by atoms with Gasteiger partial charge in [0, 0.05) is 18.5 Å². The van der Waals surface area contributed by atoms with Crippen LogP contribution in [0.4, 0.5) is 0 Å². The monoisotopic (exact) mass is 252 g/mol. The van der Waals surface area contributed by atoms with Gasteiger partial charge in [0.25, 0.3) is 0 Å². The summed E-state index contributed by atoms with van der Waals surface area (Å²) < 4.78 is 10.4. The molecule has 0 radical (unpaired) electrons. The largest absolute Gasteiger partial charge is 0.469 e. The molecule has 1 aliphatic heterocycles. The lowest BCUT2D eigenvalue weighted by Gasteiger charge is -2.18. The van der Waals surface area contributed by atoms with Crippen LogP contribution in [0.1, 0.15) is 19.1 Å². The van der Waals surface area contributed by atoms with Crippen LogP contribution in [0, 0.1) is 5.92 Å². The average molecular weight is 252 g/mol. The van der Waals surface area contributed by atoms with Gasteiger partial charge in [-0.3, -0.25) is 4.79 Å². The molecular formula is C13H20N2O3. The number of hydrogen-bond donors (Lipinski definition) is 2. The summed E-state index contributed by atoms with van der Waals surface area (Å²) in [5, 5.41) is 2.97. The van der Waals surface area contributed by atoms with Crippen molar-refractivity contribution in [1.29, 1.82) is 0 Å². The summed E-state index contributed by atoms with van der Waals surface area (Å²) in [6.07, 6.45) is 3.33. The van der Waals surface area contributed by atoms with Gasteiger partial charge in [-0.15, -0.1) is 0 Å². The number of nitrogens with two attached hydrogens (primary N) is 1. The highest BCUT2D eigenvalue weighted by Gasteiger charge is 2.31. The van der Waals surface area contributed by atoms with Gasteiger partial charge in [0.2, 0.25) is 5.91 Å². The highest BCUT2D eigenvalue weighted by Crippen LogP contribution is 2.12. The number of ether oxygens (including phenoxy) is 1. The first-order chi connectivity index (χ1) is 8.66. The Kier molecular flexibility index (Phi) is 4.38. The van der Waals surface area contributed by atoms with E-state index < -0.39 is 0 Å². The normalized spacial score (nSPS) is 25.0. The van der Waals surface area contributed by atoms with E-state index in [2.05, 4.69) is 5.32 Å². The van der Waals surface area contributed by atoms with Gasteiger partial charge in [-0.25, -0.2) is 0 Å². The minimum atomic E-state index is -0.212. The number of hydrogen-bond acceptors (Lipinski definition) is 4. The van der Waals surface area contributed by atoms with E-state index in [1.54, 1.807) is 6.26 Å². The molecule has 3 unspecified atom stereocenters. The fourth-order valence-electron chi connectivity index (χ4n) is 2.08. The number of carbonyl (C=O) groups is 1. The van der Waals surface area contributed by atoms with Crippen molar-refractivity contribution in [2.75, 3.05) is 13.2 Å². The van der Waals surface area contributed by atoms with Crippen LogP contribution in [0.3, 0.4) is 0 Å². The van der Waals surface area contributed by atoms with Crippen molar-refractivity contribution in [2.45, 2.75) is 31.8 Å². The maximum absolute atomic E-state index is 11.9. The Morgan fingerprint density at radius 3 is 3.06 bits per heavy atom. The predicted molar refractivity (Wildman–Crippen MR) is 66.9 cm³/mol. The summed E-state index contributed by atoms with van der Waals surface area (Å²) in [5.74, 6) is 0.722. The van der Waals surface area contributed by atoms with Gasteiger partial charge in [0.15, 0.2) is 0 Å². The average Bonchev–Trinajstić information content (AvgIpc) is 2.97. The predicted octanol–water partition coefficient (Wildman–Crippen LogP) is 0.691. The summed E-state index contributed by atoms with van der Waals surface area (Å²) in [6.45, 7) is 2.89. The lowest BCUT2D eigenvalue weighted by molar-refractivity contribution is -0.125. The minimum absolute atomic E-state index is 0.00746. The van der Waals surface area contributed by atoms with Gasteiger partial charge in [0.05, 0.1) is 25.4 Å². The molecule has 0 bridgehead atoms. The Labute approximate surface area is 107 Å². The third-order valence-electron chi connectivity index (χ3n) is 3.25. The molecule has 100 valence electrons. The molecule has 0 saturated carbocycles. The van der Waals surface area contributed by atoms with Crippen LogP contribution in [-0.4, -0.2) is 31.2 Å². The minimum Gasteiger partial charge on any atom is -0.469 e. The van der Waals surface area contributed by atoms with Crippen molar-refractivity contribution < 1.29 is 13.9 Å². The van der Waals surface area contributed by atoms with Crippen molar-refractivity contribution in [2.24, 2.45) is 11.7 Å². The van der Waals surface area contributed by atoms with E-state index in [1.165, 1.54) is 0 Å². The van der Waals surface area contributed by atoms with Crippen LogP contribution >= 0.6 is 0 Å². The molecule has 1 aromatic rings. The van der Waals surface area contributed by atoms with Crippen LogP contribution in [0.15, 0.2) is 22.8 Å². The van der Waals surface area contributed by atoms with E-state index in [-0.39, 0.29) is 23.9 Å². The molecule has 0 aromatic carbocycles. The van der Waals surface area contributed by atoms with Crippen molar-refractivity contribution in [1.82, 2.24) is 5.32 Å². The van der Waals surface area contributed by atoms with E-state index in [1.807, 2.05) is 19.1 Å². The van der Waals surface area contributed by atoms with E-state index >= 15 is 0 Å². The molecule has 2 rings (SSSR count). The number of rotatable bonds is 5. The second-order valence-electron chi connectivity index (χ2n) is 4.84. The zero-order chi connectivity index (χ0) is 13.0. The fourth-order valence-corrected chi connectivity index (χ4v) is 2.08.